The van der Waals surface area contributed by atoms with Crippen LogP contribution in [0.25, 0.3) is 0 Å². The monoisotopic (exact) mass is 417 g/mol. The van der Waals surface area contributed by atoms with E-state index in [0.29, 0.717) is 12.2 Å². The van der Waals surface area contributed by atoms with Gasteiger partial charge in [0.1, 0.15) is 11.4 Å². The number of ether oxygens (including phenoxy) is 2. The minimum Gasteiger partial charge on any atom is -0.496 e. The second-order valence-corrected chi connectivity index (χ2v) is 8.07. The van der Waals surface area contributed by atoms with E-state index in [1.807, 2.05) is 54.6 Å². The fraction of sp³-hybridized carbons (Fsp3) is 0.364. The second-order valence-electron chi connectivity index (χ2n) is 7.64. The number of carbonyl (C=O) groups is 2. The maximum Gasteiger partial charge on any atom is 0.421 e. The number of benzene rings is 2. The molecule has 156 valence electrons. The van der Waals surface area contributed by atoms with Gasteiger partial charge in [0.2, 0.25) is 0 Å². The third kappa shape index (κ3) is 6.15. The van der Waals surface area contributed by atoms with Crippen LogP contribution in [0.2, 0.25) is 0 Å². The van der Waals surface area contributed by atoms with Crippen LogP contribution in [0.5, 0.6) is 5.75 Å². The molecular formula is C22H27NO5S. The molecule has 0 spiro atoms. The summed E-state index contributed by atoms with van der Waals surface area (Å²) in [4.78, 5) is 24.8. The van der Waals surface area contributed by atoms with Gasteiger partial charge in [-0.3, -0.25) is 0 Å². The molecule has 0 saturated carbocycles. The quantitative estimate of drug-likeness (QED) is 0.646. The topological polar surface area (TPSA) is 76.1 Å². The minimum atomic E-state index is -1.25. The van der Waals surface area contributed by atoms with Crippen molar-refractivity contribution in [3.8, 4) is 5.75 Å². The maximum absolute atomic E-state index is 12.6. The molecule has 2 atom stereocenters. The van der Waals surface area contributed by atoms with Gasteiger partial charge in [0.05, 0.1) is 7.11 Å². The Labute approximate surface area is 177 Å². The van der Waals surface area contributed by atoms with Gasteiger partial charge in [-0.05, 0) is 44.4 Å². The van der Waals surface area contributed by atoms with Gasteiger partial charge in [0, 0.05) is 5.92 Å². The number of aliphatic carboxylic acids is 1. The van der Waals surface area contributed by atoms with Crippen molar-refractivity contribution in [2.45, 2.75) is 44.8 Å². The highest BCUT2D eigenvalue weighted by Crippen LogP contribution is 2.32. The molecule has 0 bridgehead atoms. The Hall–Kier alpha value is -2.67. The number of para-hydroxylation sites is 1. The molecule has 0 saturated heterocycles. The molecular weight excluding hydrogens is 390 g/mol. The Kier molecular flexibility index (Phi) is 7.56. The van der Waals surface area contributed by atoms with E-state index >= 15 is 0 Å². The first-order valence-electron chi connectivity index (χ1n) is 9.24. The zero-order chi connectivity index (χ0) is 21.6. The molecule has 2 aromatic rings. The van der Waals surface area contributed by atoms with Crippen LogP contribution in [0.15, 0.2) is 54.6 Å². The third-order valence-electron chi connectivity index (χ3n) is 4.34. The van der Waals surface area contributed by atoms with E-state index in [1.165, 1.54) is 0 Å². The average Bonchev–Trinajstić information content (AvgIpc) is 2.66. The fourth-order valence-electron chi connectivity index (χ4n) is 3.09. The van der Waals surface area contributed by atoms with Crippen molar-refractivity contribution in [2.24, 2.45) is 0 Å². The predicted octanol–water partition coefficient (Wildman–Crippen LogP) is 4.56. The van der Waals surface area contributed by atoms with Crippen molar-refractivity contribution in [3.05, 3.63) is 65.7 Å². The summed E-state index contributed by atoms with van der Waals surface area (Å²) in [6.07, 6.45) is -0.473. The van der Waals surface area contributed by atoms with E-state index in [-0.39, 0.29) is 0 Å². The van der Waals surface area contributed by atoms with Crippen molar-refractivity contribution in [1.29, 1.82) is 0 Å². The second kappa shape index (κ2) is 9.69. The lowest BCUT2D eigenvalue weighted by atomic mass is 9.85. The Morgan fingerprint density at radius 1 is 1.07 bits per heavy atom. The van der Waals surface area contributed by atoms with Crippen molar-refractivity contribution >= 4 is 24.9 Å². The van der Waals surface area contributed by atoms with Gasteiger partial charge in [0.25, 0.3) is 0 Å². The molecule has 7 heteroatoms. The molecule has 0 aliphatic carbocycles. The number of hydrogen-bond donors (Lipinski definition) is 2. The molecule has 0 radical (unpaired) electrons. The van der Waals surface area contributed by atoms with Crippen LogP contribution in [-0.4, -0.2) is 40.2 Å². The summed E-state index contributed by atoms with van der Waals surface area (Å²) in [6.45, 7) is 5.14. The van der Waals surface area contributed by atoms with Gasteiger partial charge in [0.15, 0.2) is 6.04 Å². The van der Waals surface area contributed by atoms with Crippen LogP contribution >= 0.6 is 12.8 Å². The van der Waals surface area contributed by atoms with Crippen molar-refractivity contribution in [3.63, 3.8) is 0 Å². The highest BCUT2D eigenvalue weighted by atomic mass is 32.1. The van der Waals surface area contributed by atoms with Crippen LogP contribution in [0.4, 0.5) is 4.79 Å². The van der Waals surface area contributed by atoms with Crippen LogP contribution in [-0.2, 0) is 16.0 Å². The Morgan fingerprint density at radius 2 is 1.66 bits per heavy atom. The van der Waals surface area contributed by atoms with E-state index in [4.69, 9.17) is 9.47 Å². The number of amides is 1. The van der Waals surface area contributed by atoms with Gasteiger partial charge < -0.3 is 14.6 Å². The number of methoxy groups -OCH3 is 1. The van der Waals surface area contributed by atoms with Gasteiger partial charge in [-0.15, -0.1) is 0 Å². The van der Waals surface area contributed by atoms with E-state index in [0.717, 1.165) is 15.4 Å². The molecule has 0 aromatic heterocycles. The molecule has 1 unspecified atom stereocenters. The van der Waals surface area contributed by atoms with Crippen molar-refractivity contribution in [2.75, 3.05) is 7.11 Å². The summed E-state index contributed by atoms with van der Waals surface area (Å²) in [5.41, 5.74) is 0.834. The highest BCUT2D eigenvalue weighted by molar-refractivity contribution is 7.78. The van der Waals surface area contributed by atoms with Gasteiger partial charge in [-0.1, -0.05) is 61.3 Å². The molecule has 0 aliphatic rings. The number of carboxylic acid groups (broad SMARTS) is 1. The van der Waals surface area contributed by atoms with Gasteiger partial charge >= 0.3 is 12.1 Å². The molecule has 0 heterocycles. The molecule has 2 rings (SSSR count). The van der Waals surface area contributed by atoms with Crippen LogP contribution in [0, 0.1) is 0 Å². The minimum absolute atomic E-state index is 0.338. The Balaban J connectivity index is 2.46. The lowest BCUT2D eigenvalue weighted by Gasteiger charge is -2.32. The molecule has 1 amide bonds. The van der Waals surface area contributed by atoms with Crippen molar-refractivity contribution < 1.29 is 24.2 Å². The third-order valence-corrected chi connectivity index (χ3v) is 4.75. The fourth-order valence-corrected chi connectivity index (χ4v) is 3.39. The number of carbonyl (C=O) groups excluding carboxylic acids is 1. The number of nitrogens with zero attached hydrogens (tertiary/aromatic N) is 1. The zero-order valence-corrected chi connectivity index (χ0v) is 17.9. The summed E-state index contributed by atoms with van der Waals surface area (Å²) in [7, 11) is 1.57. The molecule has 1 N–H and O–H groups in total. The lowest BCUT2D eigenvalue weighted by molar-refractivity contribution is -0.142. The van der Waals surface area contributed by atoms with E-state index in [1.54, 1.807) is 27.9 Å². The molecule has 0 aliphatic heterocycles. The standard InChI is InChI=1S/C22H27NO5S/c1-22(2,3)28-21(26)23(29)19(20(24)25)17(15-10-6-5-7-11-15)14-16-12-8-9-13-18(16)27-4/h5-13,17,19,29H,14H2,1-4H3,(H,24,25)/t17?,19-/m0/s1. The number of rotatable bonds is 7. The number of hydrogen-bond acceptors (Lipinski definition) is 5. The smallest absolute Gasteiger partial charge is 0.421 e. The largest absolute Gasteiger partial charge is 0.496 e. The maximum atomic E-state index is 12.6. The summed E-state index contributed by atoms with van der Waals surface area (Å²) in [5, 5.41) is 10.00. The normalized spacial score (nSPS) is 13.3. The van der Waals surface area contributed by atoms with Gasteiger partial charge in [-0.25, -0.2) is 13.9 Å². The summed E-state index contributed by atoms with van der Waals surface area (Å²) >= 11 is 4.22. The molecule has 6 nitrogen and oxygen atoms in total. The summed E-state index contributed by atoms with van der Waals surface area (Å²) < 4.78 is 11.6. The van der Waals surface area contributed by atoms with Crippen LogP contribution in [0.3, 0.4) is 0 Å². The van der Waals surface area contributed by atoms with Gasteiger partial charge in [-0.2, -0.15) is 0 Å². The lowest BCUT2D eigenvalue weighted by Crippen LogP contribution is -2.45. The Morgan fingerprint density at radius 3 is 2.21 bits per heavy atom. The molecule has 0 fully saturated rings. The van der Waals surface area contributed by atoms with E-state index in [2.05, 4.69) is 12.8 Å². The number of thiol groups is 1. The van der Waals surface area contributed by atoms with Crippen molar-refractivity contribution in [1.82, 2.24) is 4.31 Å². The van der Waals surface area contributed by atoms with Crippen LogP contribution < -0.4 is 4.74 Å². The average molecular weight is 418 g/mol. The van der Waals surface area contributed by atoms with E-state index in [9.17, 15) is 14.7 Å². The first-order valence-corrected chi connectivity index (χ1v) is 9.64. The summed E-state index contributed by atoms with van der Waals surface area (Å²) in [5.74, 6) is -1.09. The first-order chi connectivity index (χ1) is 13.6. The zero-order valence-electron chi connectivity index (χ0n) is 17.0. The van der Waals surface area contributed by atoms with E-state index < -0.39 is 29.6 Å². The number of carboxylic acids is 1. The molecule has 29 heavy (non-hydrogen) atoms. The Bertz CT molecular complexity index is 835. The predicted molar refractivity (Wildman–Crippen MR) is 114 cm³/mol. The summed E-state index contributed by atoms with van der Waals surface area (Å²) in [6, 6.07) is 15.4. The van der Waals surface area contributed by atoms with Crippen LogP contribution in [0.1, 0.15) is 37.8 Å². The SMILES string of the molecule is COc1ccccc1CC(c1ccccc1)[C@@H](C(=O)O)N(S)C(=O)OC(C)(C)C. The molecule has 2 aromatic carbocycles. The first kappa shape index (κ1) is 22.6. The highest BCUT2D eigenvalue weighted by Gasteiger charge is 2.38.